The molecule has 8 nitrogen and oxygen atoms in total. The minimum atomic E-state index is -0.384. The van der Waals surface area contributed by atoms with Crippen LogP contribution in [-0.4, -0.2) is 28.0 Å². The number of nitrogens with one attached hydrogen (secondary N) is 2. The number of nitriles is 2. The number of aryl methyl sites for hydroxylation is 1. The number of anilines is 2. The monoisotopic (exact) mass is 403 g/mol. The van der Waals surface area contributed by atoms with Crippen LogP contribution in [0.1, 0.15) is 21.7 Å². The Bertz CT molecular complexity index is 1210. The molecule has 0 aromatic carbocycles. The van der Waals surface area contributed by atoms with Gasteiger partial charge in [-0.05, 0) is 26.0 Å². The summed E-state index contributed by atoms with van der Waals surface area (Å²) in [7, 11) is 1.56. The van der Waals surface area contributed by atoms with Gasteiger partial charge in [-0.15, -0.1) is 11.3 Å². The van der Waals surface area contributed by atoms with E-state index in [1.807, 2.05) is 19.9 Å². The second-order valence-electron chi connectivity index (χ2n) is 6.49. The van der Waals surface area contributed by atoms with Crippen molar-refractivity contribution >= 4 is 28.8 Å². The minimum absolute atomic E-state index is 0.384. The highest BCUT2D eigenvalue weighted by atomic mass is 32.1. The Labute approximate surface area is 171 Å². The maximum Gasteiger partial charge on any atom is 0.215 e. The first-order valence-electron chi connectivity index (χ1n) is 8.78. The molecule has 9 heteroatoms. The van der Waals surface area contributed by atoms with Gasteiger partial charge in [0.15, 0.2) is 0 Å². The van der Waals surface area contributed by atoms with Crippen LogP contribution in [0.4, 0.5) is 11.4 Å². The number of aromatic nitrogens is 3. The molecule has 1 unspecified atom stereocenters. The molecule has 0 amide bonds. The molecule has 0 radical (unpaired) electrons. The Balaban J connectivity index is 1.65. The van der Waals surface area contributed by atoms with Gasteiger partial charge in [-0.2, -0.15) is 15.6 Å². The second-order valence-corrected chi connectivity index (χ2v) is 7.72. The highest BCUT2D eigenvalue weighted by Gasteiger charge is 2.24. The molecule has 0 spiro atoms. The van der Waals surface area contributed by atoms with Gasteiger partial charge in [0, 0.05) is 22.2 Å². The van der Waals surface area contributed by atoms with E-state index in [2.05, 4.69) is 32.9 Å². The molecule has 0 bridgehead atoms. The molecular formula is C20H17N7OS. The Morgan fingerprint density at radius 2 is 2.03 bits per heavy atom. The number of hydrogen-bond donors (Lipinski definition) is 2. The van der Waals surface area contributed by atoms with Crippen molar-refractivity contribution in [1.29, 1.82) is 10.5 Å². The van der Waals surface area contributed by atoms with E-state index in [-0.39, 0.29) is 6.17 Å². The lowest BCUT2D eigenvalue weighted by molar-refractivity contribution is 0.398. The zero-order valence-corrected chi connectivity index (χ0v) is 16.8. The van der Waals surface area contributed by atoms with Crippen molar-refractivity contribution in [2.24, 2.45) is 0 Å². The average molecular weight is 403 g/mol. The average Bonchev–Trinajstić information content (AvgIpc) is 3.41. The van der Waals surface area contributed by atoms with Gasteiger partial charge in [0.25, 0.3) is 0 Å². The van der Waals surface area contributed by atoms with Gasteiger partial charge >= 0.3 is 0 Å². The van der Waals surface area contributed by atoms with Crippen molar-refractivity contribution < 1.29 is 4.74 Å². The van der Waals surface area contributed by atoms with E-state index in [0.717, 1.165) is 32.5 Å². The lowest BCUT2D eigenvalue weighted by atomic mass is 10.1. The number of ether oxygens (including phenoxy) is 1. The Kier molecular flexibility index (Phi) is 4.67. The first-order chi connectivity index (χ1) is 14.0. The lowest BCUT2D eigenvalue weighted by Gasteiger charge is -2.11. The standard InChI is InChI=1S/C20H17N7OS/c1-11-4-14(8-22)20(29-11)27-12(2)15(9-24-27)5-13(7-21)19-25-16-6-18(28-3)23-10-17(16)26-19/h4-6,9-10,19,25-26H,1-3H3/b13-5+. The largest absolute Gasteiger partial charge is 0.481 e. The van der Waals surface area contributed by atoms with E-state index >= 15 is 0 Å². The molecule has 0 saturated carbocycles. The maximum absolute atomic E-state index is 9.72. The van der Waals surface area contributed by atoms with Gasteiger partial charge in [-0.1, -0.05) is 0 Å². The van der Waals surface area contributed by atoms with Gasteiger partial charge < -0.3 is 15.4 Å². The summed E-state index contributed by atoms with van der Waals surface area (Å²) in [6.45, 7) is 3.88. The third-order valence-electron chi connectivity index (χ3n) is 4.64. The third kappa shape index (κ3) is 3.28. The number of rotatable bonds is 4. The second kappa shape index (κ2) is 7.30. The summed E-state index contributed by atoms with van der Waals surface area (Å²) in [5, 5.41) is 30.8. The van der Waals surface area contributed by atoms with Crippen LogP contribution in [0.5, 0.6) is 5.88 Å². The summed E-state index contributed by atoms with van der Waals surface area (Å²) in [4.78, 5) is 5.22. The fourth-order valence-corrected chi connectivity index (χ4v) is 4.11. The first-order valence-corrected chi connectivity index (χ1v) is 9.60. The van der Waals surface area contributed by atoms with Crippen LogP contribution in [0.3, 0.4) is 0 Å². The Hall–Kier alpha value is -3.82. The van der Waals surface area contributed by atoms with E-state index in [4.69, 9.17) is 4.74 Å². The summed E-state index contributed by atoms with van der Waals surface area (Å²) >= 11 is 1.51. The van der Waals surface area contributed by atoms with E-state index < -0.39 is 0 Å². The van der Waals surface area contributed by atoms with Crippen molar-refractivity contribution in [3.8, 4) is 23.0 Å². The van der Waals surface area contributed by atoms with Gasteiger partial charge in [0.1, 0.15) is 17.2 Å². The third-order valence-corrected chi connectivity index (χ3v) is 5.66. The normalized spacial score (nSPS) is 15.1. The van der Waals surface area contributed by atoms with Crippen LogP contribution >= 0.6 is 11.3 Å². The molecule has 0 aliphatic carbocycles. The first kappa shape index (κ1) is 18.5. The molecule has 1 aliphatic heterocycles. The highest BCUT2D eigenvalue weighted by Crippen LogP contribution is 2.33. The SMILES string of the molecule is COc1cc2c(cn1)NC(/C(C#N)=C/c1cnn(-c3sc(C)cc3C#N)c1C)N2. The molecule has 2 N–H and O–H groups in total. The maximum atomic E-state index is 9.72. The summed E-state index contributed by atoms with van der Waals surface area (Å²) < 4.78 is 6.89. The quantitative estimate of drug-likeness (QED) is 0.640. The molecule has 3 aromatic rings. The Morgan fingerprint density at radius 1 is 1.24 bits per heavy atom. The number of nitrogens with zero attached hydrogens (tertiary/aromatic N) is 5. The van der Waals surface area contributed by atoms with E-state index in [1.54, 1.807) is 36.3 Å². The van der Waals surface area contributed by atoms with Crippen LogP contribution in [-0.2, 0) is 0 Å². The molecule has 144 valence electrons. The van der Waals surface area contributed by atoms with Crippen molar-refractivity contribution in [2.45, 2.75) is 20.0 Å². The highest BCUT2D eigenvalue weighted by molar-refractivity contribution is 7.14. The molecule has 4 heterocycles. The number of thiophene rings is 1. The molecule has 29 heavy (non-hydrogen) atoms. The molecule has 0 saturated heterocycles. The van der Waals surface area contributed by atoms with E-state index in [9.17, 15) is 10.5 Å². The van der Waals surface area contributed by atoms with Crippen molar-refractivity contribution in [3.05, 3.63) is 51.8 Å². The Morgan fingerprint density at radius 3 is 2.76 bits per heavy atom. The minimum Gasteiger partial charge on any atom is -0.481 e. The topological polar surface area (TPSA) is 112 Å². The summed E-state index contributed by atoms with van der Waals surface area (Å²) in [6.07, 6.45) is 4.79. The summed E-state index contributed by atoms with van der Waals surface area (Å²) in [5.41, 5.74) is 4.39. The van der Waals surface area contributed by atoms with Crippen molar-refractivity contribution in [2.75, 3.05) is 17.7 Å². The molecule has 1 aliphatic rings. The van der Waals surface area contributed by atoms with Crippen LogP contribution in [0.2, 0.25) is 0 Å². The van der Waals surface area contributed by atoms with Gasteiger partial charge in [0.05, 0.1) is 48.1 Å². The van der Waals surface area contributed by atoms with Gasteiger partial charge in [0.2, 0.25) is 5.88 Å². The van der Waals surface area contributed by atoms with Crippen LogP contribution < -0.4 is 15.4 Å². The van der Waals surface area contributed by atoms with E-state index in [0.29, 0.717) is 17.0 Å². The smallest absolute Gasteiger partial charge is 0.215 e. The van der Waals surface area contributed by atoms with Crippen molar-refractivity contribution in [1.82, 2.24) is 14.8 Å². The number of pyridine rings is 1. The number of methoxy groups -OCH3 is 1. The fourth-order valence-electron chi connectivity index (χ4n) is 3.14. The predicted molar refractivity (Wildman–Crippen MR) is 111 cm³/mol. The van der Waals surface area contributed by atoms with Crippen LogP contribution in [0.25, 0.3) is 11.1 Å². The van der Waals surface area contributed by atoms with Crippen LogP contribution in [0, 0.1) is 36.5 Å². The number of fused-ring (bicyclic) bond motifs is 1. The summed E-state index contributed by atoms with van der Waals surface area (Å²) in [5.74, 6) is 0.498. The van der Waals surface area contributed by atoms with Gasteiger partial charge in [-0.3, -0.25) is 0 Å². The van der Waals surface area contributed by atoms with Crippen LogP contribution in [0.15, 0.2) is 30.1 Å². The van der Waals surface area contributed by atoms with Crippen molar-refractivity contribution in [3.63, 3.8) is 0 Å². The zero-order chi connectivity index (χ0) is 20.5. The van der Waals surface area contributed by atoms with Gasteiger partial charge in [-0.25, -0.2) is 9.67 Å². The number of hydrogen-bond acceptors (Lipinski definition) is 8. The molecule has 0 fully saturated rings. The molecule has 4 rings (SSSR count). The lowest BCUT2D eigenvalue weighted by Crippen LogP contribution is -2.23. The summed E-state index contributed by atoms with van der Waals surface area (Å²) in [6, 6.07) is 8.10. The zero-order valence-electron chi connectivity index (χ0n) is 16.0. The molecule has 3 aromatic heterocycles. The molecular weight excluding hydrogens is 386 g/mol. The molecule has 1 atom stereocenters. The van der Waals surface area contributed by atoms with E-state index in [1.165, 1.54) is 11.3 Å². The fraction of sp³-hybridized carbons (Fsp3) is 0.200. The predicted octanol–water partition coefficient (Wildman–Crippen LogP) is 3.60.